The maximum Gasteiger partial charge on any atom is 0.273 e. The predicted molar refractivity (Wildman–Crippen MR) is 88.6 cm³/mol. The number of amides is 2. The fraction of sp³-hybridized carbons (Fsp3) is 0.278. The molecule has 0 radical (unpaired) electrons. The van der Waals surface area contributed by atoms with E-state index >= 15 is 0 Å². The Kier molecular flexibility index (Phi) is 4.74. The molecular formula is C18H19N3O3. The molecule has 6 nitrogen and oxygen atoms in total. The molecule has 1 saturated heterocycles. The molecule has 3 rings (SSSR count). The Bertz CT molecular complexity index is 706. The number of likely N-dealkylation sites (tertiary alicyclic amines) is 1. The third kappa shape index (κ3) is 3.37. The monoisotopic (exact) mass is 325 g/mol. The molecule has 0 saturated carbocycles. The van der Waals surface area contributed by atoms with Gasteiger partial charge in [0.15, 0.2) is 0 Å². The molecular weight excluding hydrogens is 306 g/mol. The van der Waals surface area contributed by atoms with Gasteiger partial charge in [-0.2, -0.15) is 0 Å². The first kappa shape index (κ1) is 16.0. The summed E-state index contributed by atoms with van der Waals surface area (Å²) in [7, 11) is 1.57. The molecule has 24 heavy (non-hydrogen) atoms. The average molecular weight is 325 g/mol. The summed E-state index contributed by atoms with van der Waals surface area (Å²) in [6, 6.07) is 14.0. The van der Waals surface area contributed by atoms with Crippen LogP contribution in [0.25, 0.3) is 0 Å². The zero-order valence-electron chi connectivity index (χ0n) is 13.4. The van der Waals surface area contributed by atoms with Gasteiger partial charge < -0.3 is 15.0 Å². The maximum atomic E-state index is 12.7. The number of benzene rings is 1. The number of para-hydroxylation sites is 1. The van der Waals surface area contributed by atoms with E-state index in [2.05, 4.69) is 10.3 Å². The van der Waals surface area contributed by atoms with E-state index in [1.165, 1.54) is 4.90 Å². The molecule has 0 bridgehead atoms. The highest BCUT2D eigenvalue weighted by Crippen LogP contribution is 2.24. The van der Waals surface area contributed by atoms with Gasteiger partial charge in [0, 0.05) is 19.7 Å². The fourth-order valence-electron chi connectivity index (χ4n) is 2.85. The van der Waals surface area contributed by atoms with Crippen LogP contribution >= 0.6 is 0 Å². The number of nitrogens with zero attached hydrogens (tertiary/aromatic N) is 2. The van der Waals surface area contributed by atoms with Crippen molar-refractivity contribution in [1.29, 1.82) is 0 Å². The van der Waals surface area contributed by atoms with Crippen LogP contribution < -0.4 is 10.1 Å². The van der Waals surface area contributed by atoms with Gasteiger partial charge in [-0.1, -0.05) is 24.3 Å². The second-order valence-corrected chi connectivity index (χ2v) is 5.59. The molecule has 2 heterocycles. The second-order valence-electron chi connectivity index (χ2n) is 5.59. The van der Waals surface area contributed by atoms with Gasteiger partial charge in [-0.25, -0.2) is 0 Å². The van der Waals surface area contributed by atoms with Crippen molar-refractivity contribution in [1.82, 2.24) is 15.2 Å². The summed E-state index contributed by atoms with van der Waals surface area (Å²) in [6.45, 7) is 0.350. The number of carbonyl (C=O) groups excluding carboxylic acids is 2. The lowest BCUT2D eigenvalue weighted by atomic mass is 10.1. The van der Waals surface area contributed by atoms with Crippen LogP contribution in [0, 0.1) is 0 Å². The van der Waals surface area contributed by atoms with Crippen LogP contribution in [-0.4, -0.2) is 47.4 Å². The maximum absolute atomic E-state index is 12.7. The molecule has 1 N–H and O–H groups in total. The molecule has 6 heteroatoms. The van der Waals surface area contributed by atoms with Crippen LogP contribution in [0.2, 0.25) is 0 Å². The van der Waals surface area contributed by atoms with Crippen molar-refractivity contribution in [3.63, 3.8) is 0 Å². The number of likely N-dealkylation sites (N-methyl/N-ethyl adjacent to an activating group) is 1. The molecule has 2 amide bonds. The smallest absolute Gasteiger partial charge is 0.273 e. The molecule has 1 aliphatic rings. The molecule has 1 aromatic heterocycles. The quantitative estimate of drug-likeness (QED) is 0.924. The first-order valence-corrected chi connectivity index (χ1v) is 7.84. The van der Waals surface area contributed by atoms with Crippen molar-refractivity contribution in [2.24, 2.45) is 0 Å². The summed E-state index contributed by atoms with van der Waals surface area (Å²) in [6.07, 6.45) is 1.78. The van der Waals surface area contributed by atoms with Gasteiger partial charge in [0.05, 0.1) is 6.54 Å². The van der Waals surface area contributed by atoms with E-state index in [-0.39, 0.29) is 17.9 Å². The third-order valence-electron chi connectivity index (χ3n) is 4.00. The molecule has 0 aliphatic carbocycles. The number of rotatable bonds is 4. The molecule has 124 valence electrons. The standard InChI is InChI=1S/C18H19N3O3/c1-19-17(22)16-11-14(24-13-7-3-2-4-8-13)12-21(16)18(23)15-9-5-6-10-20-15/h2-10,14,16H,11-12H2,1H3,(H,19,22)/t14-,16-/m0/s1. The van der Waals surface area contributed by atoms with Crippen LogP contribution in [0.3, 0.4) is 0 Å². The van der Waals surface area contributed by atoms with Crippen molar-refractivity contribution >= 4 is 11.8 Å². The Hall–Kier alpha value is -2.89. The summed E-state index contributed by atoms with van der Waals surface area (Å²) in [5.41, 5.74) is 0.326. The van der Waals surface area contributed by atoms with Crippen LogP contribution in [-0.2, 0) is 4.79 Å². The minimum absolute atomic E-state index is 0.196. The number of nitrogens with one attached hydrogen (secondary N) is 1. The normalized spacial score (nSPS) is 19.8. The van der Waals surface area contributed by atoms with E-state index in [1.807, 2.05) is 30.3 Å². The molecule has 0 spiro atoms. The van der Waals surface area contributed by atoms with Crippen molar-refractivity contribution < 1.29 is 14.3 Å². The minimum atomic E-state index is -0.557. The lowest BCUT2D eigenvalue weighted by Crippen LogP contribution is -2.45. The van der Waals surface area contributed by atoms with E-state index in [0.29, 0.717) is 18.7 Å². The molecule has 1 aromatic carbocycles. The van der Waals surface area contributed by atoms with Crippen LogP contribution in [0.5, 0.6) is 5.75 Å². The van der Waals surface area contributed by atoms with Crippen molar-refractivity contribution in [3.8, 4) is 5.75 Å². The molecule has 0 unspecified atom stereocenters. The lowest BCUT2D eigenvalue weighted by Gasteiger charge is -2.22. The Balaban J connectivity index is 1.78. The van der Waals surface area contributed by atoms with Crippen LogP contribution in [0.4, 0.5) is 0 Å². The number of pyridine rings is 1. The number of carbonyl (C=O) groups is 2. The SMILES string of the molecule is CNC(=O)[C@@H]1C[C@H](Oc2ccccc2)CN1C(=O)c1ccccn1. The zero-order chi connectivity index (χ0) is 16.9. The van der Waals surface area contributed by atoms with Gasteiger partial charge in [-0.05, 0) is 24.3 Å². The Morgan fingerprint density at radius 3 is 2.58 bits per heavy atom. The van der Waals surface area contributed by atoms with Crippen LogP contribution in [0.15, 0.2) is 54.7 Å². The van der Waals surface area contributed by atoms with E-state index in [1.54, 1.807) is 31.4 Å². The predicted octanol–water partition coefficient (Wildman–Crippen LogP) is 1.49. The van der Waals surface area contributed by atoms with E-state index in [9.17, 15) is 9.59 Å². The van der Waals surface area contributed by atoms with Gasteiger partial charge in [0.2, 0.25) is 5.91 Å². The van der Waals surface area contributed by atoms with Gasteiger partial charge >= 0.3 is 0 Å². The number of ether oxygens (including phenoxy) is 1. The highest BCUT2D eigenvalue weighted by atomic mass is 16.5. The zero-order valence-corrected chi connectivity index (χ0v) is 13.4. The molecule has 2 atom stereocenters. The summed E-state index contributed by atoms with van der Waals surface area (Å²) in [5.74, 6) is 0.270. The van der Waals surface area contributed by atoms with Gasteiger partial charge in [-0.15, -0.1) is 0 Å². The summed E-state index contributed by atoms with van der Waals surface area (Å²) >= 11 is 0. The second kappa shape index (κ2) is 7.12. The molecule has 2 aromatic rings. The summed E-state index contributed by atoms with van der Waals surface area (Å²) in [5, 5.41) is 2.62. The van der Waals surface area contributed by atoms with E-state index < -0.39 is 6.04 Å². The van der Waals surface area contributed by atoms with Gasteiger partial charge in [-0.3, -0.25) is 14.6 Å². The first-order valence-electron chi connectivity index (χ1n) is 7.84. The van der Waals surface area contributed by atoms with Crippen molar-refractivity contribution in [2.45, 2.75) is 18.6 Å². The largest absolute Gasteiger partial charge is 0.488 e. The van der Waals surface area contributed by atoms with Crippen molar-refractivity contribution in [2.75, 3.05) is 13.6 Å². The topological polar surface area (TPSA) is 71.5 Å². The minimum Gasteiger partial charge on any atom is -0.488 e. The summed E-state index contributed by atoms with van der Waals surface area (Å²) < 4.78 is 5.92. The Morgan fingerprint density at radius 1 is 1.17 bits per heavy atom. The highest BCUT2D eigenvalue weighted by Gasteiger charge is 2.41. The average Bonchev–Trinajstić information content (AvgIpc) is 3.05. The van der Waals surface area contributed by atoms with E-state index in [4.69, 9.17) is 4.74 Å². The third-order valence-corrected chi connectivity index (χ3v) is 4.00. The number of hydrogen-bond donors (Lipinski definition) is 1. The summed E-state index contributed by atoms with van der Waals surface area (Å²) in [4.78, 5) is 30.5. The van der Waals surface area contributed by atoms with Crippen LogP contribution in [0.1, 0.15) is 16.9 Å². The highest BCUT2D eigenvalue weighted by molar-refractivity contribution is 5.96. The Labute approximate surface area is 140 Å². The lowest BCUT2D eigenvalue weighted by molar-refractivity contribution is -0.124. The van der Waals surface area contributed by atoms with Gasteiger partial charge in [0.25, 0.3) is 5.91 Å². The fourth-order valence-corrected chi connectivity index (χ4v) is 2.85. The number of hydrogen-bond acceptors (Lipinski definition) is 4. The molecule has 1 fully saturated rings. The number of aromatic nitrogens is 1. The first-order chi connectivity index (χ1) is 11.7. The Morgan fingerprint density at radius 2 is 1.92 bits per heavy atom. The van der Waals surface area contributed by atoms with Crippen molar-refractivity contribution in [3.05, 3.63) is 60.4 Å². The molecule has 1 aliphatic heterocycles. The van der Waals surface area contributed by atoms with Gasteiger partial charge in [0.1, 0.15) is 23.6 Å². The van der Waals surface area contributed by atoms with E-state index in [0.717, 1.165) is 5.75 Å².